The van der Waals surface area contributed by atoms with Gasteiger partial charge in [-0.25, -0.2) is 0 Å². The first-order valence-electron chi connectivity index (χ1n) is 8.38. The number of rotatable bonds is 7. The van der Waals surface area contributed by atoms with Gasteiger partial charge in [0.15, 0.2) is 0 Å². The minimum absolute atomic E-state index is 0.199. The number of hydrogen-bond donors (Lipinski definition) is 1. The summed E-state index contributed by atoms with van der Waals surface area (Å²) < 4.78 is 0. The predicted octanol–water partition coefficient (Wildman–Crippen LogP) is 3.37. The summed E-state index contributed by atoms with van der Waals surface area (Å²) in [6.07, 6.45) is 5.50. The molecule has 1 N–H and O–H groups in total. The maximum absolute atomic E-state index is 12.7. The summed E-state index contributed by atoms with van der Waals surface area (Å²) in [6, 6.07) is 6.24. The Morgan fingerprint density at radius 3 is 2.52 bits per heavy atom. The van der Waals surface area contributed by atoms with Crippen LogP contribution in [0.15, 0.2) is 18.2 Å². The lowest BCUT2D eigenvalue weighted by atomic mass is 9.98. The number of hydrogen-bond acceptors (Lipinski definition) is 2. The number of benzene rings is 1. The second kappa shape index (κ2) is 8.18. The van der Waals surface area contributed by atoms with Gasteiger partial charge in [0.2, 0.25) is 0 Å². The van der Waals surface area contributed by atoms with Crippen LogP contribution in [0.25, 0.3) is 0 Å². The zero-order valence-corrected chi connectivity index (χ0v) is 13.5. The van der Waals surface area contributed by atoms with Crippen LogP contribution in [0.1, 0.15) is 61.0 Å². The lowest BCUT2D eigenvalue weighted by Gasteiger charge is -2.24. The molecule has 1 amide bonds. The standard InChI is InChI=1S/C18H28N2O/c1-3-5-11-20(12-6-4-2)18(21)16-8-7-15-9-10-19-14-17(15)13-16/h7-8,13,19H,3-6,9-12,14H2,1-2H3. The molecule has 1 aliphatic rings. The van der Waals surface area contributed by atoms with E-state index < -0.39 is 0 Å². The van der Waals surface area contributed by atoms with Gasteiger partial charge in [0.1, 0.15) is 0 Å². The van der Waals surface area contributed by atoms with Gasteiger partial charge in [-0.1, -0.05) is 32.8 Å². The number of nitrogens with zero attached hydrogens (tertiary/aromatic N) is 1. The molecule has 0 spiro atoms. The highest BCUT2D eigenvalue weighted by atomic mass is 16.2. The van der Waals surface area contributed by atoms with E-state index >= 15 is 0 Å². The van der Waals surface area contributed by atoms with Crippen molar-refractivity contribution in [2.24, 2.45) is 0 Å². The van der Waals surface area contributed by atoms with Crippen LogP contribution in [0.4, 0.5) is 0 Å². The van der Waals surface area contributed by atoms with Crippen LogP contribution in [-0.4, -0.2) is 30.4 Å². The molecule has 0 saturated heterocycles. The van der Waals surface area contributed by atoms with E-state index in [1.165, 1.54) is 11.1 Å². The molecule has 1 heterocycles. The molecule has 1 aliphatic heterocycles. The molecule has 1 aromatic carbocycles. The molecule has 1 aromatic rings. The van der Waals surface area contributed by atoms with Crippen LogP contribution in [0.3, 0.4) is 0 Å². The van der Waals surface area contributed by atoms with Crippen molar-refractivity contribution in [2.45, 2.75) is 52.5 Å². The van der Waals surface area contributed by atoms with Crippen molar-refractivity contribution in [1.29, 1.82) is 0 Å². The second-order valence-electron chi connectivity index (χ2n) is 5.91. The Hall–Kier alpha value is -1.35. The maximum Gasteiger partial charge on any atom is 0.253 e. The van der Waals surface area contributed by atoms with Gasteiger partial charge in [-0.3, -0.25) is 4.79 Å². The molecule has 0 aromatic heterocycles. The fraction of sp³-hybridized carbons (Fsp3) is 0.611. The molecule has 0 radical (unpaired) electrons. The monoisotopic (exact) mass is 288 g/mol. The average molecular weight is 288 g/mol. The molecule has 0 aliphatic carbocycles. The molecule has 3 nitrogen and oxygen atoms in total. The first-order valence-corrected chi connectivity index (χ1v) is 8.38. The topological polar surface area (TPSA) is 32.3 Å². The van der Waals surface area contributed by atoms with Crippen molar-refractivity contribution in [1.82, 2.24) is 10.2 Å². The molecular weight excluding hydrogens is 260 g/mol. The van der Waals surface area contributed by atoms with Crippen LogP contribution < -0.4 is 5.32 Å². The molecule has 0 atom stereocenters. The van der Waals surface area contributed by atoms with E-state index in [1.807, 2.05) is 11.0 Å². The van der Waals surface area contributed by atoms with Crippen LogP contribution in [0.2, 0.25) is 0 Å². The largest absolute Gasteiger partial charge is 0.339 e. The fourth-order valence-corrected chi connectivity index (χ4v) is 2.81. The molecule has 0 bridgehead atoms. The molecule has 3 heteroatoms. The lowest BCUT2D eigenvalue weighted by molar-refractivity contribution is 0.0751. The van der Waals surface area contributed by atoms with Gasteiger partial charge in [-0.2, -0.15) is 0 Å². The van der Waals surface area contributed by atoms with Crippen LogP contribution in [0, 0.1) is 0 Å². The number of fused-ring (bicyclic) bond motifs is 1. The molecule has 0 saturated carbocycles. The molecule has 116 valence electrons. The van der Waals surface area contributed by atoms with E-state index in [9.17, 15) is 4.79 Å². The lowest BCUT2D eigenvalue weighted by Crippen LogP contribution is -2.33. The summed E-state index contributed by atoms with van der Waals surface area (Å²) in [5.74, 6) is 0.199. The maximum atomic E-state index is 12.7. The van der Waals surface area contributed by atoms with Crippen molar-refractivity contribution in [3.05, 3.63) is 34.9 Å². The van der Waals surface area contributed by atoms with Gasteiger partial charge in [-0.15, -0.1) is 0 Å². The first-order chi connectivity index (χ1) is 10.3. The average Bonchev–Trinajstić information content (AvgIpc) is 2.54. The third-order valence-electron chi connectivity index (χ3n) is 4.19. The van der Waals surface area contributed by atoms with E-state index in [4.69, 9.17) is 0 Å². The second-order valence-corrected chi connectivity index (χ2v) is 5.91. The minimum Gasteiger partial charge on any atom is -0.339 e. The molecule has 21 heavy (non-hydrogen) atoms. The Morgan fingerprint density at radius 1 is 1.14 bits per heavy atom. The summed E-state index contributed by atoms with van der Waals surface area (Å²) in [5, 5.41) is 3.38. The van der Waals surface area contributed by atoms with Crippen molar-refractivity contribution in [3.63, 3.8) is 0 Å². The number of nitrogens with one attached hydrogen (secondary N) is 1. The molecule has 0 fully saturated rings. The van der Waals surface area contributed by atoms with E-state index in [0.29, 0.717) is 0 Å². The SMILES string of the molecule is CCCCN(CCCC)C(=O)c1ccc2c(c1)CNCC2. The Labute approximate surface area is 128 Å². The zero-order valence-electron chi connectivity index (χ0n) is 13.5. The molecule has 2 rings (SSSR count). The van der Waals surface area contributed by atoms with Gasteiger partial charge in [0, 0.05) is 25.2 Å². The summed E-state index contributed by atoms with van der Waals surface area (Å²) in [4.78, 5) is 14.8. The third kappa shape index (κ3) is 4.31. The Morgan fingerprint density at radius 2 is 1.86 bits per heavy atom. The van der Waals surface area contributed by atoms with E-state index in [0.717, 1.165) is 63.8 Å². The highest BCUT2D eigenvalue weighted by Crippen LogP contribution is 2.17. The van der Waals surface area contributed by atoms with Crippen LogP contribution in [0.5, 0.6) is 0 Å². The molecule has 0 unspecified atom stereocenters. The number of unbranched alkanes of at least 4 members (excludes halogenated alkanes) is 2. The van der Waals surface area contributed by atoms with Crippen molar-refractivity contribution in [3.8, 4) is 0 Å². The van der Waals surface area contributed by atoms with Crippen molar-refractivity contribution < 1.29 is 4.79 Å². The van der Waals surface area contributed by atoms with Crippen molar-refractivity contribution in [2.75, 3.05) is 19.6 Å². The normalized spacial score (nSPS) is 13.8. The number of carbonyl (C=O) groups is 1. The van der Waals surface area contributed by atoms with Crippen molar-refractivity contribution >= 4 is 5.91 Å². The van der Waals surface area contributed by atoms with E-state index in [-0.39, 0.29) is 5.91 Å². The highest BCUT2D eigenvalue weighted by molar-refractivity contribution is 5.94. The summed E-state index contributed by atoms with van der Waals surface area (Å²) in [5.41, 5.74) is 3.53. The third-order valence-corrected chi connectivity index (χ3v) is 4.19. The summed E-state index contributed by atoms with van der Waals surface area (Å²) in [7, 11) is 0. The van der Waals surface area contributed by atoms with Gasteiger partial charge in [-0.05, 0) is 49.1 Å². The minimum atomic E-state index is 0.199. The van der Waals surface area contributed by atoms with Gasteiger partial charge in [0.25, 0.3) is 5.91 Å². The van der Waals surface area contributed by atoms with Gasteiger partial charge in [0.05, 0.1) is 0 Å². The Kier molecular flexibility index (Phi) is 6.24. The smallest absolute Gasteiger partial charge is 0.253 e. The van der Waals surface area contributed by atoms with Gasteiger partial charge >= 0.3 is 0 Å². The number of carbonyl (C=O) groups excluding carboxylic acids is 1. The van der Waals surface area contributed by atoms with Crippen LogP contribution in [-0.2, 0) is 13.0 Å². The molecular formula is C18H28N2O. The quantitative estimate of drug-likeness (QED) is 0.834. The predicted molar refractivity (Wildman–Crippen MR) is 87.6 cm³/mol. The number of amides is 1. The fourth-order valence-electron chi connectivity index (χ4n) is 2.81. The Bertz CT molecular complexity index is 462. The highest BCUT2D eigenvalue weighted by Gasteiger charge is 2.17. The Balaban J connectivity index is 2.11. The van der Waals surface area contributed by atoms with E-state index in [2.05, 4.69) is 31.3 Å². The first kappa shape index (κ1) is 16.0. The van der Waals surface area contributed by atoms with Crippen LogP contribution >= 0.6 is 0 Å². The zero-order chi connectivity index (χ0) is 15.1. The van der Waals surface area contributed by atoms with Gasteiger partial charge < -0.3 is 10.2 Å². The summed E-state index contributed by atoms with van der Waals surface area (Å²) in [6.45, 7) is 8.04. The van der Waals surface area contributed by atoms with E-state index in [1.54, 1.807) is 0 Å². The summed E-state index contributed by atoms with van der Waals surface area (Å²) >= 11 is 0.